The zero-order valence-electron chi connectivity index (χ0n) is 8.58. The van der Waals surface area contributed by atoms with Gasteiger partial charge in [-0.1, -0.05) is 35.3 Å². The van der Waals surface area contributed by atoms with Gasteiger partial charge in [0.1, 0.15) is 6.10 Å². The minimum atomic E-state index is -0.657. The van der Waals surface area contributed by atoms with Crippen LogP contribution in [0.4, 0.5) is 0 Å². The SMILES string of the molecule is Cc1ccc(C(O)c2ccc(Cl)s2)cc1Cl. The summed E-state index contributed by atoms with van der Waals surface area (Å²) in [6.45, 7) is 1.93. The van der Waals surface area contributed by atoms with Crippen LogP contribution in [0, 0.1) is 6.92 Å². The van der Waals surface area contributed by atoms with Crippen molar-refractivity contribution < 1.29 is 5.11 Å². The first-order chi connectivity index (χ1) is 7.58. The molecule has 0 spiro atoms. The highest BCUT2D eigenvalue weighted by Crippen LogP contribution is 2.32. The standard InChI is InChI=1S/C12H10Cl2OS/c1-7-2-3-8(6-9(7)13)12(15)10-4-5-11(14)16-10/h2-6,12,15H,1H3. The molecule has 0 saturated carbocycles. The van der Waals surface area contributed by atoms with Crippen molar-refractivity contribution in [2.45, 2.75) is 13.0 Å². The maximum absolute atomic E-state index is 10.1. The van der Waals surface area contributed by atoms with Gasteiger partial charge in [-0.05, 0) is 36.2 Å². The number of thiophene rings is 1. The maximum Gasteiger partial charge on any atom is 0.113 e. The van der Waals surface area contributed by atoms with E-state index in [4.69, 9.17) is 23.2 Å². The van der Waals surface area contributed by atoms with E-state index in [2.05, 4.69) is 0 Å². The van der Waals surface area contributed by atoms with Gasteiger partial charge in [0, 0.05) is 9.90 Å². The van der Waals surface area contributed by atoms with E-state index >= 15 is 0 Å². The fraction of sp³-hybridized carbons (Fsp3) is 0.167. The molecule has 4 heteroatoms. The van der Waals surface area contributed by atoms with Gasteiger partial charge in [0.05, 0.1) is 4.34 Å². The topological polar surface area (TPSA) is 20.2 Å². The Morgan fingerprint density at radius 1 is 1.19 bits per heavy atom. The van der Waals surface area contributed by atoms with E-state index in [0.29, 0.717) is 9.36 Å². The Bertz CT molecular complexity index is 507. The fourth-order valence-electron chi connectivity index (χ4n) is 1.42. The Morgan fingerprint density at radius 3 is 2.50 bits per heavy atom. The molecule has 0 aliphatic carbocycles. The number of aryl methyl sites for hydroxylation is 1. The van der Waals surface area contributed by atoms with E-state index in [1.54, 1.807) is 12.1 Å². The molecule has 84 valence electrons. The quantitative estimate of drug-likeness (QED) is 0.857. The van der Waals surface area contributed by atoms with Crippen molar-refractivity contribution in [1.82, 2.24) is 0 Å². The summed E-state index contributed by atoms with van der Waals surface area (Å²) >= 11 is 13.2. The van der Waals surface area contributed by atoms with Gasteiger partial charge in [0.25, 0.3) is 0 Å². The normalized spacial score (nSPS) is 12.8. The van der Waals surface area contributed by atoms with Crippen molar-refractivity contribution >= 4 is 34.5 Å². The highest BCUT2D eigenvalue weighted by molar-refractivity contribution is 7.16. The van der Waals surface area contributed by atoms with E-state index in [0.717, 1.165) is 16.0 Å². The molecule has 1 aromatic heterocycles. The van der Waals surface area contributed by atoms with E-state index in [9.17, 15) is 5.11 Å². The average Bonchev–Trinajstić information content (AvgIpc) is 2.68. The van der Waals surface area contributed by atoms with Crippen LogP contribution < -0.4 is 0 Å². The molecule has 1 heterocycles. The molecule has 1 aromatic carbocycles. The van der Waals surface area contributed by atoms with Crippen LogP contribution in [0.3, 0.4) is 0 Å². The lowest BCUT2D eigenvalue weighted by Gasteiger charge is -2.10. The van der Waals surface area contributed by atoms with Gasteiger partial charge in [0.15, 0.2) is 0 Å². The van der Waals surface area contributed by atoms with Crippen LogP contribution in [0.5, 0.6) is 0 Å². The summed E-state index contributed by atoms with van der Waals surface area (Å²) in [5, 5.41) is 10.8. The summed E-state index contributed by atoms with van der Waals surface area (Å²) in [6, 6.07) is 9.16. The number of aliphatic hydroxyl groups excluding tert-OH is 1. The second kappa shape index (κ2) is 4.76. The molecule has 1 nitrogen and oxygen atoms in total. The lowest BCUT2D eigenvalue weighted by molar-refractivity contribution is 0.224. The van der Waals surface area contributed by atoms with Gasteiger partial charge in [0.2, 0.25) is 0 Å². The zero-order chi connectivity index (χ0) is 11.7. The smallest absolute Gasteiger partial charge is 0.113 e. The first kappa shape index (κ1) is 11.9. The third kappa shape index (κ3) is 2.41. The number of hydrogen-bond donors (Lipinski definition) is 1. The first-order valence-corrected chi connectivity index (χ1v) is 6.34. The summed E-state index contributed by atoms with van der Waals surface area (Å²) < 4.78 is 0.673. The molecule has 16 heavy (non-hydrogen) atoms. The van der Waals surface area contributed by atoms with Crippen molar-refractivity contribution in [1.29, 1.82) is 0 Å². The predicted molar refractivity (Wildman–Crippen MR) is 69.6 cm³/mol. The molecule has 0 radical (unpaired) electrons. The van der Waals surface area contributed by atoms with Crippen LogP contribution in [0.15, 0.2) is 30.3 Å². The van der Waals surface area contributed by atoms with Crippen molar-refractivity contribution in [2.24, 2.45) is 0 Å². The van der Waals surface area contributed by atoms with Gasteiger partial charge in [-0.15, -0.1) is 11.3 Å². The molecule has 1 atom stereocenters. The highest BCUT2D eigenvalue weighted by Gasteiger charge is 2.13. The molecule has 0 saturated heterocycles. The van der Waals surface area contributed by atoms with Gasteiger partial charge >= 0.3 is 0 Å². The molecule has 1 unspecified atom stereocenters. The maximum atomic E-state index is 10.1. The van der Waals surface area contributed by atoms with Crippen LogP contribution in [-0.2, 0) is 0 Å². The summed E-state index contributed by atoms with van der Waals surface area (Å²) in [5.41, 5.74) is 1.79. The Kier molecular flexibility index (Phi) is 3.55. The van der Waals surface area contributed by atoms with Crippen molar-refractivity contribution in [3.63, 3.8) is 0 Å². The zero-order valence-corrected chi connectivity index (χ0v) is 10.9. The second-order valence-electron chi connectivity index (χ2n) is 3.55. The van der Waals surface area contributed by atoms with Crippen LogP contribution in [-0.4, -0.2) is 5.11 Å². The number of rotatable bonds is 2. The van der Waals surface area contributed by atoms with Crippen molar-refractivity contribution in [3.8, 4) is 0 Å². The van der Waals surface area contributed by atoms with E-state index < -0.39 is 6.10 Å². The van der Waals surface area contributed by atoms with Gasteiger partial charge in [-0.3, -0.25) is 0 Å². The van der Waals surface area contributed by atoms with Gasteiger partial charge < -0.3 is 5.11 Å². The largest absolute Gasteiger partial charge is 0.383 e. The first-order valence-electron chi connectivity index (χ1n) is 4.77. The summed E-state index contributed by atoms with van der Waals surface area (Å²) in [6.07, 6.45) is -0.657. The fourth-order valence-corrected chi connectivity index (χ4v) is 2.68. The molecule has 0 aliphatic heterocycles. The van der Waals surface area contributed by atoms with Crippen molar-refractivity contribution in [2.75, 3.05) is 0 Å². The van der Waals surface area contributed by atoms with Crippen LogP contribution >= 0.6 is 34.5 Å². The highest BCUT2D eigenvalue weighted by atomic mass is 35.5. The summed E-state index contributed by atoms with van der Waals surface area (Å²) in [7, 11) is 0. The van der Waals surface area contributed by atoms with Crippen LogP contribution in [0.2, 0.25) is 9.36 Å². The molecule has 0 bridgehead atoms. The van der Waals surface area contributed by atoms with E-state index in [-0.39, 0.29) is 0 Å². The van der Waals surface area contributed by atoms with E-state index in [1.165, 1.54) is 11.3 Å². The molecular formula is C12H10Cl2OS. The predicted octanol–water partition coefficient (Wildman–Crippen LogP) is 4.45. The molecule has 0 amide bonds. The molecule has 2 rings (SSSR count). The summed E-state index contributed by atoms with van der Waals surface area (Å²) in [5.74, 6) is 0. The van der Waals surface area contributed by atoms with Gasteiger partial charge in [-0.25, -0.2) is 0 Å². The second-order valence-corrected chi connectivity index (χ2v) is 5.71. The summed E-state index contributed by atoms with van der Waals surface area (Å²) in [4.78, 5) is 0.824. The average molecular weight is 273 g/mol. The van der Waals surface area contributed by atoms with E-state index in [1.807, 2.05) is 25.1 Å². The molecule has 1 N–H and O–H groups in total. The number of benzene rings is 1. The lowest BCUT2D eigenvalue weighted by Crippen LogP contribution is -1.97. The third-order valence-electron chi connectivity index (χ3n) is 2.38. The van der Waals surface area contributed by atoms with Crippen LogP contribution in [0.1, 0.15) is 22.1 Å². The molecular weight excluding hydrogens is 263 g/mol. The molecule has 0 aliphatic rings. The number of aliphatic hydroxyl groups is 1. The minimum Gasteiger partial charge on any atom is -0.383 e. The Hall–Kier alpha value is -0.540. The Morgan fingerprint density at radius 2 is 1.94 bits per heavy atom. The van der Waals surface area contributed by atoms with Crippen LogP contribution in [0.25, 0.3) is 0 Å². The lowest BCUT2D eigenvalue weighted by atomic mass is 10.1. The van der Waals surface area contributed by atoms with Crippen molar-refractivity contribution in [3.05, 3.63) is 55.7 Å². The minimum absolute atomic E-state index is 0.657. The third-order valence-corrected chi connectivity index (χ3v) is 4.07. The van der Waals surface area contributed by atoms with Gasteiger partial charge in [-0.2, -0.15) is 0 Å². The molecule has 2 aromatic rings. The molecule has 0 fully saturated rings. The Balaban J connectivity index is 2.33. The Labute approximate surface area is 108 Å². The number of hydrogen-bond acceptors (Lipinski definition) is 2. The monoisotopic (exact) mass is 272 g/mol. The number of halogens is 2.